The molecule has 0 radical (unpaired) electrons. The van der Waals surface area contributed by atoms with Crippen molar-refractivity contribution in [2.24, 2.45) is 0 Å². The minimum Gasteiger partial charge on any atom is -0.456 e. The number of hydrogen-bond donors (Lipinski definition) is 0. The van der Waals surface area contributed by atoms with E-state index in [2.05, 4.69) is 109 Å². The van der Waals surface area contributed by atoms with Crippen molar-refractivity contribution in [2.75, 3.05) is 0 Å². The van der Waals surface area contributed by atoms with E-state index in [-0.39, 0.29) is 0 Å². The first-order valence-corrected chi connectivity index (χ1v) is 18.0. The molecule has 0 atom stereocenters. The van der Waals surface area contributed by atoms with E-state index in [0.29, 0.717) is 5.82 Å². The Balaban J connectivity index is 1.14. The molecule has 3 aromatic heterocycles. The zero-order valence-corrected chi connectivity index (χ0v) is 28.9. The lowest BCUT2D eigenvalue weighted by molar-refractivity contribution is 0.669. The van der Waals surface area contributed by atoms with Crippen LogP contribution in [0.2, 0.25) is 0 Å². The van der Waals surface area contributed by atoms with E-state index in [1.807, 2.05) is 66.7 Å². The van der Waals surface area contributed by atoms with E-state index in [1.54, 1.807) is 4.80 Å². The lowest BCUT2D eigenvalue weighted by Gasteiger charge is -2.13. The van der Waals surface area contributed by atoms with Gasteiger partial charge in [-0.15, -0.1) is 10.2 Å². The van der Waals surface area contributed by atoms with Crippen LogP contribution in [0.15, 0.2) is 180 Å². The second-order valence-corrected chi connectivity index (χ2v) is 13.5. The van der Waals surface area contributed by atoms with Gasteiger partial charge in [0.25, 0.3) is 0 Å². The summed E-state index contributed by atoms with van der Waals surface area (Å²) in [5.74, 6) is 0.640. The monoisotopic (exact) mass is 691 g/mol. The molecule has 6 heteroatoms. The molecule has 11 rings (SSSR count). The molecule has 0 N–H and O–H groups in total. The Bertz CT molecular complexity index is 3220. The average molecular weight is 692 g/mol. The third kappa shape index (κ3) is 4.96. The van der Waals surface area contributed by atoms with Gasteiger partial charge in [-0.2, -0.15) is 4.80 Å². The molecule has 54 heavy (non-hydrogen) atoms. The highest BCUT2D eigenvalue weighted by Crippen LogP contribution is 2.38. The molecule has 0 saturated heterocycles. The van der Waals surface area contributed by atoms with Gasteiger partial charge in [0.1, 0.15) is 22.2 Å². The summed E-state index contributed by atoms with van der Waals surface area (Å²) < 4.78 is 6.18. The predicted molar refractivity (Wildman–Crippen MR) is 218 cm³/mol. The fraction of sp³-hybridized carbons (Fsp3) is 0. The number of para-hydroxylation sites is 2. The zero-order valence-electron chi connectivity index (χ0n) is 28.9. The van der Waals surface area contributed by atoms with Crippen LogP contribution in [-0.4, -0.2) is 25.0 Å². The first-order chi connectivity index (χ1) is 26.7. The fourth-order valence-corrected chi connectivity index (χ4v) is 7.66. The number of fused-ring (bicyclic) bond motifs is 8. The van der Waals surface area contributed by atoms with Crippen LogP contribution in [0.25, 0.3) is 105 Å². The Morgan fingerprint density at radius 2 is 1.09 bits per heavy atom. The smallest absolute Gasteiger partial charge is 0.160 e. The van der Waals surface area contributed by atoms with Crippen LogP contribution in [-0.2, 0) is 0 Å². The summed E-state index contributed by atoms with van der Waals surface area (Å²) in [6.45, 7) is 0. The Morgan fingerprint density at radius 1 is 0.426 bits per heavy atom. The van der Waals surface area contributed by atoms with Crippen molar-refractivity contribution in [3.63, 3.8) is 0 Å². The zero-order chi connectivity index (χ0) is 35.6. The van der Waals surface area contributed by atoms with Crippen LogP contribution in [0, 0.1) is 0 Å². The standard InChI is InChI=1S/C48H29N5O/c1-3-11-30(12-4-1)36-15-7-8-16-37(36)43-29-42(33-24-26-45-40(27-33)38-17-9-10-18-44(38)54-45)49-48(50-43)34-22-20-31-19-21-32-23-25-41-47(46(32)39(31)28-34)52-53(51-41)35-13-5-2-6-14-35/h1-29H. The molecule has 0 amide bonds. The summed E-state index contributed by atoms with van der Waals surface area (Å²) >= 11 is 0. The van der Waals surface area contributed by atoms with Gasteiger partial charge in [0.15, 0.2) is 5.82 Å². The molecule has 0 spiro atoms. The van der Waals surface area contributed by atoms with E-state index in [9.17, 15) is 0 Å². The molecule has 0 aliphatic rings. The number of hydrogen-bond acceptors (Lipinski definition) is 5. The van der Waals surface area contributed by atoms with Gasteiger partial charge in [-0.05, 0) is 81.9 Å². The molecule has 252 valence electrons. The molecule has 0 unspecified atom stereocenters. The topological polar surface area (TPSA) is 69.6 Å². The van der Waals surface area contributed by atoms with Gasteiger partial charge in [-0.3, -0.25) is 0 Å². The largest absolute Gasteiger partial charge is 0.456 e. The van der Waals surface area contributed by atoms with Crippen LogP contribution in [0.5, 0.6) is 0 Å². The third-order valence-electron chi connectivity index (χ3n) is 10.3. The predicted octanol–water partition coefficient (Wildman–Crippen LogP) is 12.1. The summed E-state index contributed by atoms with van der Waals surface area (Å²) in [7, 11) is 0. The summed E-state index contributed by atoms with van der Waals surface area (Å²) in [5, 5.41) is 16.3. The Labute approximate surface area is 309 Å². The Hall–Kier alpha value is -7.44. The van der Waals surface area contributed by atoms with Crippen molar-refractivity contribution in [1.29, 1.82) is 0 Å². The molecule has 0 aliphatic carbocycles. The maximum atomic E-state index is 6.18. The number of aromatic nitrogens is 5. The third-order valence-corrected chi connectivity index (χ3v) is 10.3. The van der Waals surface area contributed by atoms with E-state index >= 15 is 0 Å². The normalized spacial score (nSPS) is 11.7. The maximum Gasteiger partial charge on any atom is 0.160 e. The van der Waals surface area contributed by atoms with Crippen LogP contribution < -0.4 is 0 Å². The molecular weight excluding hydrogens is 663 g/mol. The first-order valence-electron chi connectivity index (χ1n) is 18.0. The van der Waals surface area contributed by atoms with Gasteiger partial charge in [-0.1, -0.05) is 121 Å². The van der Waals surface area contributed by atoms with Gasteiger partial charge in [0, 0.05) is 32.8 Å². The highest BCUT2D eigenvalue weighted by molar-refractivity contribution is 6.19. The van der Waals surface area contributed by atoms with Crippen molar-refractivity contribution in [3.05, 3.63) is 176 Å². The second kappa shape index (κ2) is 12.1. The second-order valence-electron chi connectivity index (χ2n) is 13.5. The highest BCUT2D eigenvalue weighted by atomic mass is 16.3. The fourth-order valence-electron chi connectivity index (χ4n) is 7.66. The quantitative estimate of drug-likeness (QED) is 0.168. The van der Waals surface area contributed by atoms with Crippen molar-refractivity contribution >= 4 is 54.5 Å². The molecule has 11 aromatic rings. The minimum atomic E-state index is 0.640. The van der Waals surface area contributed by atoms with E-state index in [4.69, 9.17) is 24.6 Å². The van der Waals surface area contributed by atoms with Crippen LogP contribution in [0.4, 0.5) is 0 Å². The molecule has 0 saturated carbocycles. The molecule has 0 fully saturated rings. The van der Waals surface area contributed by atoms with E-state index in [0.717, 1.165) is 99.4 Å². The summed E-state index contributed by atoms with van der Waals surface area (Å²) in [6, 6.07) is 60.5. The number of furan rings is 1. The van der Waals surface area contributed by atoms with Crippen molar-refractivity contribution in [2.45, 2.75) is 0 Å². The number of benzene rings is 8. The van der Waals surface area contributed by atoms with Crippen molar-refractivity contribution < 1.29 is 4.42 Å². The highest BCUT2D eigenvalue weighted by Gasteiger charge is 2.17. The maximum absolute atomic E-state index is 6.18. The molecule has 8 aromatic carbocycles. The van der Waals surface area contributed by atoms with Gasteiger partial charge in [0.2, 0.25) is 0 Å². The summed E-state index contributed by atoms with van der Waals surface area (Å²) in [6.07, 6.45) is 0. The number of nitrogens with zero attached hydrogens (tertiary/aromatic N) is 5. The average Bonchev–Trinajstić information content (AvgIpc) is 3.86. The van der Waals surface area contributed by atoms with Gasteiger partial charge < -0.3 is 4.42 Å². The van der Waals surface area contributed by atoms with Crippen LogP contribution >= 0.6 is 0 Å². The Kier molecular flexibility index (Phi) is 6.75. The lowest BCUT2D eigenvalue weighted by atomic mass is 9.96. The lowest BCUT2D eigenvalue weighted by Crippen LogP contribution is -1.97. The van der Waals surface area contributed by atoms with Gasteiger partial charge in [-0.25, -0.2) is 9.97 Å². The van der Waals surface area contributed by atoms with Gasteiger partial charge in [0.05, 0.1) is 17.1 Å². The molecule has 0 bridgehead atoms. The van der Waals surface area contributed by atoms with Crippen LogP contribution in [0.3, 0.4) is 0 Å². The molecule has 3 heterocycles. The van der Waals surface area contributed by atoms with E-state index < -0.39 is 0 Å². The van der Waals surface area contributed by atoms with Crippen molar-refractivity contribution in [1.82, 2.24) is 25.0 Å². The molecule has 6 nitrogen and oxygen atoms in total. The van der Waals surface area contributed by atoms with Gasteiger partial charge >= 0.3 is 0 Å². The SMILES string of the molecule is c1ccc(-c2ccccc2-c2cc(-c3ccc4oc5ccccc5c4c3)nc(-c3ccc4ccc5ccc6nn(-c7ccccc7)nc6c5c4c3)n2)cc1. The molecular formula is C48H29N5O. The van der Waals surface area contributed by atoms with E-state index in [1.165, 1.54) is 0 Å². The summed E-state index contributed by atoms with van der Waals surface area (Å²) in [5.41, 5.74) is 11.2. The first kappa shape index (κ1) is 30.2. The number of rotatable bonds is 5. The molecule has 0 aliphatic heterocycles. The van der Waals surface area contributed by atoms with Crippen LogP contribution in [0.1, 0.15) is 0 Å². The summed E-state index contributed by atoms with van der Waals surface area (Å²) in [4.78, 5) is 12.3. The Morgan fingerprint density at radius 3 is 1.98 bits per heavy atom. The van der Waals surface area contributed by atoms with Crippen molar-refractivity contribution in [3.8, 4) is 50.7 Å². The minimum absolute atomic E-state index is 0.640.